The number of aliphatic hydroxyl groups is 1. The standard InChI is InChI=1S/C14H18O4/c1-13(16)8-14(9-13,12(15)18-3)10-5-4-6-11(7-10)17-2/h4-7,16H,8-9H2,1-3H3. The Labute approximate surface area is 107 Å². The monoisotopic (exact) mass is 250 g/mol. The molecule has 0 aliphatic heterocycles. The first-order valence-corrected chi connectivity index (χ1v) is 5.89. The molecule has 0 unspecified atom stereocenters. The fourth-order valence-corrected chi connectivity index (χ4v) is 2.83. The summed E-state index contributed by atoms with van der Waals surface area (Å²) in [5.74, 6) is 0.393. The molecule has 1 fully saturated rings. The van der Waals surface area contributed by atoms with E-state index in [-0.39, 0.29) is 5.97 Å². The summed E-state index contributed by atoms with van der Waals surface area (Å²) < 4.78 is 10.1. The van der Waals surface area contributed by atoms with Crippen molar-refractivity contribution >= 4 is 5.97 Å². The lowest BCUT2D eigenvalue weighted by Gasteiger charge is -2.49. The van der Waals surface area contributed by atoms with Crippen LogP contribution in [0.3, 0.4) is 0 Å². The first kappa shape index (κ1) is 12.9. The molecule has 1 N–H and O–H groups in total. The Morgan fingerprint density at radius 1 is 1.33 bits per heavy atom. The van der Waals surface area contributed by atoms with Crippen LogP contribution in [0.5, 0.6) is 5.75 Å². The molecular formula is C14H18O4. The maximum atomic E-state index is 12.0. The quantitative estimate of drug-likeness (QED) is 0.829. The molecule has 0 saturated heterocycles. The molecule has 0 atom stereocenters. The zero-order chi connectivity index (χ0) is 13.4. The molecule has 1 aromatic rings. The summed E-state index contributed by atoms with van der Waals surface area (Å²) in [6, 6.07) is 7.36. The molecule has 4 nitrogen and oxygen atoms in total. The van der Waals surface area contributed by atoms with E-state index < -0.39 is 11.0 Å². The van der Waals surface area contributed by atoms with Crippen LogP contribution < -0.4 is 4.74 Å². The van der Waals surface area contributed by atoms with Gasteiger partial charge in [0.25, 0.3) is 0 Å². The van der Waals surface area contributed by atoms with Gasteiger partial charge in [0, 0.05) is 0 Å². The lowest BCUT2D eigenvalue weighted by Crippen LogP contribution is -2.57. The summed E-state index contributed by atoms with van der Waals surface area (Å²) in [5.41, 5.74) is -0.718. The third kappa shape index (κ3) is 1.97. The smallest absolute Gasteiger partial charge is 0.316 e. The normalized spacial score (nSPS) is 30.4. The number of esters is 1. The van der Waals surface area contributed by atoms with Gasteiger partial charge in [0.2, 0.25) is 0 Å². The van der Waals surface area contributed by atoms with Crippen molar-refractivity contribution in [2.75, 3.05) is 14.2 Å². The van der Waals surface area contributed by atoms with E-state index in [4.69, 9.17) is 9.47 Å². The van der Waals surface area contributed by atoms with Crippen LogP contribution in [0, 0.1) is 0 Å². The van der Waals surface area contributed by atoms with Gasteiger partial charge < -0.3 is 14.6 Å². The zero-order valence-electron chi connectivity index (χ0n) is 10.9. The second kappa shape index (κ2) is 4.28. The van der Waals surface area contributed by atoms with Gasteiger partial charge >= 0.3 is 5.97 Å². The first-order valence-electron chi connectivity index (χ1n) is 5.89. The van der Waals surface area contributed by atoms with E-state index in [9.17, 15) is 9.90 Å². The van der Waals surface area contributed by atoms with Gasteiger partial charge in [-0.05, 0) is 37.5 Å². The molecule has 4 heteroatoms. The van der Waals surface area contributed by atoms with E-state index in [0.29, 0.717) is 18.6 Å². The third-order valence-corrected chi connectivity index (χ3v) is 3.56. The molecule has 2 rings (SSSR count). The van der Waals surface area contributed by atoms with Crippen molar-refractivity contribution < 1.29 is 19.4 Å². The number of methoxy groups -OCH3 is 2. The van der Waals surface area contributed by atoms with Gasteiger partial charge in [0.05, 0.1) is 25.2 Å². The van der Waals surface area contributed by atoms with E-state index in [2.05, 4.69) is 0 Å². The van der Waals surface area contributed by atoms with Crippen molar-refractivity contribution in [1.82, 2.24) is 0 Å². The highest BCUT2D eigenvalue weighted by Crippen LogP contribution is 2.51. The highest BCUT2D eigenvalue weighted by atomic mass is 16.5. The molecule has 0 radical (unpaired) electrons. The average molecular weight is 250 g/mol. The Balaban J connectivity index is 2.39. The Hall–Kier alpha value is -1.55. The Bertz CT molecular complexity index is 457. The minimum Gasteiger partial charge on any atom is -0.497 e. The van der Waals surface area contributed by atoms with Gasteiger partial charge in [-0.2, -0.15) is 0 Å². The molecule has 1 saturated carbocycles. The van der Waals surface area contributed by atoms with Crippen LogP contribution in [0.15, 0.2) is 24.3 Å². The molecule has 18 heavy (non-hydrogen) atoms. The Morgan fingerprint density at radius 2 is 2.00 bits per heavy atom. The molecule has 0 aromatic heterocycles. The zero-order valence-corrected chi connectivity index (χ0v) is 10.9. The van der Waals surface area contributed by atoms with Gasteiger partial charge in [-0.3, -0.25) is 4.79 Å². The first-order chi connectivity index (χ1) is 8.43. The maximum absolute atomic E-state index is 12.0. The van der Waals surface area contributed by atoms with Crippen molar-refractivity contribution in [3.05, 3.63) is 29.8 Å². The average Bonchev–Trinajstić information content (AvgIpc) is 2.34. The molecule has 98 valence electrons. The number of carbonyl (C=O) groups is 1. The summed E-state index contributed by atoms with van der Waals surface area (Å²) in [7, 11) is 2.96. The van der Waals surface area contributed by atoms with Crippen molar-refractivity contribution in [3.8, 4) is 5.75 Å². The molecular weight excluding hydrogens is 232 g/mol. The number of hydrogen-bond acceptors (Lipinski definition) is 4. The minimum absolute atomic E-state index is 0.303. The number of rotatable bonds is 3. The minimum atomic E-state index is -0.808. The lowest BCUT2D eigenvalue weighted by atomic mass is 9.56. The summed E-state index contributed by atoms with van der Waals surface area (Å²) in [6.45, 7) is 1.73. The van der Waals surface area contributed by atoms with Crippen LogP contribution >= 0.6 is 0 Å². The van der Waals surface area contributed by atoms with Crippen LogP contribution in [0.4, 0.5) is 0 Å². The fraction of sp³-hybridized carbons (Fsp3) is 0.500. The SMILES string of the molecule is COC(=O)C1(c2cccc(OC)c2)CC(C)(O)C1. The Morgan fingerprint density at radius 3 is 2.50 bits per heavy atom. The van der Waals surface area contributed by atoms with Gasteiger partial charge in [-0.25, -0.2) is 0 Å². The summed E-state index contributed by atoms with van der Waals surface area (Å²) >= 11 is 0. The number of carbonyl (C=O) groups excluding carboxylic acids is 1. The number of ether oxygens (including phenoxy) is 2. The topological polar surface area (TPSA) is 55.8 Å². The van der Waals surface area contributed by atoms with Crippen molar-refractivity contribution in [2.45, 2.75) is 30.8 Å². The van der Waals surface area contributed by atoms with Crippen LogP contribution in [0.1, 0.15) is 25.3 Å². The predicted molar refractivity (Wildman–Crippen MR) is 66.5 cm³/mol. The second-order valence-corrected chi connectivity index (χ2v) is 5.16. The molecule has 1 aromatic carbocycles. The summed E-state index contributed by atoms with van der Waals surface area (Å²) in [6.07, 6.45) is 0.750. The maximum Gasteiger partial charge on any atom is 0.316 e. The molecule has 1 aliphatic carbocycles. The van der Waals surface area contributed by atoms with Gasteiger partial charge in [-0.1, -0.05) is 12.1 Å². The van der Waals surface area contributed by atoms with Crippen molar-refractivity contribution in [1.29, 1.82) is 0 Å². The largest absolute Gasteiger partial charge is 0.497 e. The van der Waals surface area contributed by atoms with E-state index in [1.165, 1.54) is 7.11 Å². The van der Waals surface area contributed by atoms with E-state index in [1.807, 2.05) is 24.3 Å². The fourth-order valence-electron chi connectivity index (χ4n) is 2.83. The van der Waals surface area contributed by atoms with Crippen LogP contribution in [0.25, 0.3) is 0 Å². The van der Waals surface area contributed by atoms with Crippen LogP contribution in [0.2, 0.25) is 0 Å². The van der Waals surface area contributed by atoms with Gasteiger partial charge in [0.1, 0.15) is 5.75 Å². The predicted octanol–water partition coefficient (Wildman–Crippen LogP) is 1.65. The Kier molecular flexibility index (Phi) is 3.07. The van der Waals surface area contributed by atoms with Gasteiger partial charge in [0.15, 0.2) is 0 Å². The van der Waals surface area contributed by atoms with Crippen LogP contribution in [-0.2, 0) is 14.9 Å². The van der Waals surface area contributed by atoms with Crippen molar-refractivity contribution in [3.63, 3.8) is 0 Å². The number of benzene rings is 1. The van der Waals surface area contributed by atoms with Crippen molar-refractivity contribution in [2.24, 2.45) is 0 Å². The molecule has 1 aliphatic rings. The number of hydrogen-bond donors (Lipinski definition) is 1. The summed E-state index contributed by atoms with van der Waals surface area (Å²) in [4.78, 5) is 12.0. The van der Waals surface area contributed by atoms with Crippen LogP contribution in [-0.4, -0.2) is 30.9 Å². The van der Waals surface area contributed by atoms with E-state index in [1.54, 1.807) is 14.0 Å². The second-order valence-electron chi connectivity index (χ2n) is 5.16. The van der Waals surface area contributed by atoms with E-state index >= 15 is 0 Å². The molecule has 0 spiro atoms. The highest BCUT2D eigenvalue weighted by Gasteiger charge is 2.57. The molecule has 0 heterocycles. The molecule has 0 bridgehead atoms. The molecule has 0 amide bonds. The lowest BCUT2D eigenvalue weighted by molar-refractivity contribution is -0.165. The third-order valence-electron chi connectivity index (χ3n) is 3.56. The highest BCUT2D eigenvalue weighted by molar-refractivity contribution is 5.85. The summed E-state index contributed by atoms with van der Waals surface area (Å²) in [5, 5.41) is 9.94. The van der Waals surface area contributed by atoms with E-state index in [0.717, 1.165) is 5.56 Å². The van der Waals surface area contributed by atoms with Gasteiger partial charge in [-0.15, -0.1) is 0 Å².